The van der Waals surface area contributed by atoms with Gasteiger partial charge in [-0.05, 0) is 30.7 Å². The van der Waals surface area contributed by atoms with E-state index in [0.717, 1.165) is 11.2 Å². The molecular weight excluding hydrogens is 236 g/mol. The van der Waals surface area contributed by atoms with Crippen LogP contribution < -0.4 is 0 Å². The van der Waals surface area contributed by atoms with Gasteiger partial charge in [-0.2, -0.15) is 0 Å². The highest BCUT2D eigenvalue weighted by Crippen LogP contribution is 2.15. The van der Waals surface area contributed by atoms with E-state index in [2.05, 4.69) is 53.2 Å². The molecule has 78 valence electrons. The smallest absolute Gasteiger partial charge is 0.00595 e. The van der Waals surface area contributed by atoms with Crippen LogP contribution in [0.5, 0.6) is 0 Å². The van der Waals surface area contributed by atoms with E-state index in [-0.39, 0.29) is 0 Å². The Kier molecular flexibility index (Phi) is 5.93. The van der Waals surface area contributed by atoms with Crippen LogP contribution in [0.15, 0.2) is 30.3 Å². The topological polar surface area (TPSA) is 0 Å². The number of rotatable bonds is 6. The zero-order chi connectivity index (χ0) is 10.2. The standard InChI is InChI=1S/C13H19Br/c1-2-12(11-14)9-6-10-13-7-4-3-5-8-13/h3-5,7-8,12H,2,6,9-11H2,1H3. The zero-order valence-electron chi connectivity index (χ0n) is 8.88. The summed E-state index contributed by atoms with van der Waals surface area (Å²) in [6.45, 7) is 2.27. The fourth-order valence-corrected chi connectivity index (χ4v) is 2.41. The summed E-state index contributed by atoms with van der Waals surface area (Å²) in [4.78, 5) is 0. The molecule has 0 aliphatic carbocycles. The Morgan fingerprint density at radius 1 is 1.21 bits per heavy atom. The first-order valence-electron chi connectivity index (χ1n) is 5.46. The van der Waals surface area contributed by atoms with Crippen molar-refractivity contribution in [2.75, 3.05) is 5.33 Å². The lowest BCUT2D eigenvalue weighted by atomic mass is 9.99. The molecule has 0 bridgehead atoms. The molecule has 1 unspecified atom stereocenters. The van der Waals surface area contributed by atoms with Gasteiger partial charge in [0.05, 0.1) is 0 Å². The number of hydrogen-bond donors (Lipinski definition) is 0. The van der Waals surface area contributed by atoms with Gasteiger partial charge < -0.3 is 0 Å². The van der Waals surface area contributed by atoms with Crippen LogP contribution in [0.3, 0.4) is 0 Å². The number of halogens is 1. The highest BCUT2D eigenvalue weighted by Gasteiger charge is 2.03. The van der Waals surface area contributed by atoms with E-state index in [1.165, 1.54) is 31.2 Å². The second kappa shape index (κ2) is 7.05. The average Bonchev–Trinajstić information content (AvgIpc) is 2.26. The van der Waals surface area contributed by atoms with E-state index >= 15 is 0 Å². The molecule has 0 saturated heterocycles. The SMILES string of the molecule is CCC(CBr)CCCc1ccccc1. The molecule has 1 aromatic carbocycles. The minimum atomic E-state index is 0.860. The summed E-state index contributed by atoms with van der Waals surface area (Å²) >= 11 is 3.56. The molecule has 1 atom stereocenters. The molecule has 0 aromatic heterocycles. The van der Waals surface area contributed by atoms with Crippen LogP contribution in [-0.4, -0.2) is 5.33 Å². The fraction of sp³-hybridized carbons (Fsp3) is 0.538. The van der Waals surface area contributed by atoms with Gasteiger partial charge >= 0.3 is 0 Å². The van der Waals surface area contributed by atoms with Gasteiger partial charge in [0.25, 0.3) is 0 Å². The summed E-state index contributed by atoms with van der Waals surface area (Å²) in [7, 11) is 0. The number of alkyl halides is 1. The molecule has 0 aliphatic rings. The maximum absolute atomic E-state index is 3.56. The first-order chi connectivity index (χ1) is 6.86. The molecule has 0 saturated carbocycles. The molecule has 1 heteroatoms. The average molecular weight is 255 g/mol. The second-order valence-electron chi connectivity index (χ2n) is 3.81. The van der Waals surface area contributed by atoms with E-state index < -0.39 is 0 Å². The van der Waals surface area contributed by atoms with Crippen LogP contribution in [0.2, 0.25) is 0 Å². The molecule has 14 heavy (non-hydrogen) atoms. The van der Waals surface area contributed by atoms with Crippen LogP contribution in [0.1, 0.15) is 31.7 Å². The Morgan fingerprint density at radius 2 is 1.93 bits per heavy atom. The van der Waals surface area contributed by atoms with E-state index in [1.807, 2.05) is 0 Å². The molecule has 1 rings (SSSR count). The van der Waals surface area contributed by atoms with Crippen molar-refractivity contribution in [2.24, 2.45) is 5.92 Å². The molecule has 1 aromatic rings. The summed E-state index contributed by atoms with van der Waals surface area (Å²) < 4.78 is 0. The maximum Gasteiger partial charge on any atom is 0.00595 e. The Hall–Kier alpha value is -0.300. The summed E-state index contributed by atoms with van der Waals surface area (Å²) in [5.41, 5.74) is 1.47. The van der Waals surface area contributed by atoms with Crippen molar-refractivity contribution in [3.8, 4) is 0 Å². The van der Waals surface area contributed by atoms with E-state index in [0.29, 0.717) is 0 Å². The van der Waals surface area contributed by atoms with Crippen LogP contribution in [-0.2, 0) is 6.42 Å². The third-order valence-electron chi connectivity index (χ3n) is 2.72. The minimum Gasteiger partial charge on any atom is -0.0925 e. The van der Waals surface area contributed by atoms with Gasteiger partial charge in [-0.15, -0.1) is 0 Å². The van der Waals surface area contributed by atoms with Crippen LogP contribution in [0.25, 0.3) is 0 Å². The molecule has 0 amide bonds. The van der Waals surface area contributed by atoms with Crippen molar-refractivity contribution in [3.63, 3.8) is 0 Å². The van der Waals surface area contributed by atoms with Crippen molar-refractivity contribution in [2.45, 2.75) is 32.6 Å². The fourth-order valence-electron chi connectivity index (χ4n) is 1.63. The molecule has 0 aliphatic heterocycles. The van der Waals surface area contributed by atoms with Gasteiger partial charge in [0.2, 0.25) is 0 Å². The summed E-state index contributed by atoms with van der Waals surface area (Å²) in [6, 6.07) is 10.8. The van der Waals surface area contributed by atoms with Gasteiger partial charge in [-0.3, -0.25) is 0 Å². The largest absolute Gasteiger partial charge is 0.0925 e. The molecule has 0 radical (unpaired) electrons. The Balaban J connectivity index is 2.21. The summed E-state index contributed by atoms with van der Waals surface area (Å²) in [5, 5.41) is 1.15. The van der Waals surface area contributed by atoms with E-state index in [4.69, 9.17) is 0 Å². The summed E-state index contributed by atoms with van der Waals surface area (Å²) in [5.74, 6) is 0.860. The molecular formula is C13H19Br. The number of benzene rings is 1. The highest BCUT2D eigenvalue weighted by atomic mass is 79.9. The van der Waals surface area contributed by atoms with Crippen LogP contribution in [0, 0.1) is 5.92 Å². The first kappa shape index (κ1) is 11.8. The van der Waals surface area contributed by atoms with E-state index in [9.17, 15) is 0 Å². The van der Waals surface area contributed by atoms with Gasteiger partial charge in [0.1, 0.15) is 0 Å². The van der Waals surface area contributed by atoms with Gasteiger partial charge in [-0.25, -0.2) is 0 Å². The zero-order valence-corrected chi connectivity index (χ0v) is 10.5. The van der Waals surface area contributed by atoms with Crippen LogP contribution in [0.4, 0.5) is 0 Å². The predicted molar refractivity (Wildman–Crippen MR) is 67.0 cm³/mol. The Morgan fingerprint density at radius 3 is 2.50 bits per heavy atom. The van der Waals surface area contributed by atoms with Crippen molar-refractivity contribution in [1.82, 2.24) is 0 Å². The molecule has 0 heterocycles. The number of hydrogen-bond acceptors (Lipinski definition) is 0. The third-order valence-corrected chi connectivity index (χ3v) is 3.63. The highest BCUT2D eigenvalue weighted by molar-refractivity contribution is 9.09. The third kappa shape index (κ3) is 4.28. The van der Waals surface area contributed by atoms with Gasteiger partial charge in [0.15, 0.2) is 0 Å². The normalized spacial score (nSPS) is 12.7. The van der Waals surface area contributed by atoms with Crippen molar-refractivity contribution in [3.05, 3.63) is 35.9 Å². The molecule has 0 spiro atoms. The van der Waals surface area contributed by atoms with E-state index in [1.54, 1.807) is 0 Å². The maximum atomic E-state index is 3.56. The molecule has 0 N–H and O–H groups in total. The lowest BCUT2D eigenvalue weighted by Gasteiger charge is -2.10. The lowest BCUT2D eigenvalue weighted by Crippen LogP contribution is -2.00. The second-order valence-corrected chi connectivity index (χ2v) is 4.45. The van der Waals surface area contributed by atoms with Crippen molar-refractivity contribution >= 4 is 15.9 Å². The van der Waals surface area contributed by atoms with Gasteiger partial charge in [0, 0.05) is 5.33 Å². The van der Waals surface area contributed by atoms with Crippen LogP contribution >= 0.6 is 15.9 Å². The minimum absolute atomic E-state index is 0.860. The summed E-state index contributed by atoms with van der Waals surface area (Å²) in [6.07, 6.45) is 5.18. The Labute approximate surface area is 95.9 Å². The molecule has 0 nitrogen and oxygen atoms in total. The first-order valence-corrected chi connectivity index (χ1v) is 6.58. The molecule has 0 fully saturated rings. The van der Waals surface area contributed by atoms with Crippen molar-refractivity contribution in [1.29, 1.82) is 0 Å². The van der Waals surface area contributed by atoms with Gasteiger partial charge in [-0.1, -0.05) is 59.6 Å². The lowest BCUT2D eigenvalue weighted by molar-refractivity contribution is 0.506. The quantitative estimate of drug-likeness (QED) is 0.659. The monoisotopic (exact) mass is 254 g/mol. The number of aryl methyl sites for hydroxylation is 1. The Bertz CT molecular complexity index is 226. The predicted octanol–water partition coefficient (Wildman–Crippen LogP) is 4.43. The van der Waals surface area contributed by atoms with Crippen molar-refractivity contribution < 1.29 is 0 Å².